The lowest BCUT2D eigenvalue weighted by Crippen LogP contribution is -1.99. The first-order valence-corrected chi connectivity index (χ1v) is 4.93. The minimum absolute atomic E-state index is 0.663. The van der Waals surface area contributed by atoms with Crippen molar-refractivity contribution >= 4 is 11.5 Å². The maximum atomic E-state index is 9.95. The first-order valence-electron chi connectivity index (χ1n) is 4.16. The molecule has 14 heavy (non-hydrogen) atoms. The highest BCUT2D eigenvalue weighted by atomic mass is 32.1. The number of pyridine rings is 1. The van der Waals surface area contributed by atoms with Crippen molar-refractivity contribution in [2.24, 2.45) is 0 Å². The summed E-state index contributed by atoms with van der Waals surface area (Å²) in [5.41, 5.74) is 1.54. The summed E-state index contributed by atoms with van der Waals surface area (Å²) in [6.07, 6.45) is 2.65. The summed E-state index contributed by atoms with van der Waals surface area (Å²) < 4.78 is 3.78. The van der Waals surface area contributed by atoms with Gasteiger partial charge in [0.15, 0.2) is 0 Å². The van der Waals surface area contributed by atoms with Crippen LogP contribution in [-0.4, -0.2) is 19.7 Å². The highest BCUT2D eigenvalue weighted by Crippen LogP contribution is 2.25. The van der Waals surface area contributed by atoms with E-state index in [1.54, 1.807) is 18.5 Å². The molecule has 1 N–H and O–H groups in total. The Hall–Kier alpha value is -1.33. The van der Waals surface area contributed by atoms with Crippen LogP contribution in [0.3, 0.4) is 0 Å². The molecule has 0 aromatic carbocycles. The van der Waals surface area contributed by atoms with Crippen molar-refractivity contribution in [2.75, 3.05) is 0 Å². The Morgan fingerprint density at radius 1 is 1.50 bits per heavy atom. The van der Waals surface area contributed by atoms with Crippen molar-refractivity contribution in [3.63, 3.8) is 0 Å². The highest BCUT2D eigenvalue weighted by molar-refractivity contribution is 7.05. The van der Waals surface area contributed by atoms with Gasteiger partial charge in [0, 0.05) is 18.0 Å². The number of nitrogens with zero attached hydrogens (tertiary/aromatic N) is 3. The standard InChI is InChI=1S/C9H9N3OS/c1-6-9(14-12-11-6)8(13)7-3-2-4-10-5-7/h2-5,8,13H,1H3. The number of hydrogen-bond donors (Lipinski definition) is 1. The van der Waals surface area contributed by atoms with E-state index in [1.165, 1.54) is 11.5 Å². The van der Waals surface area contributed by atoms with Crippen LogP contribution in [0.25, 0.3) is 0 Å². The first-order chi connectivity index (χ1) is 6.79. The van der Waals surface area contributed by atoms with Gasteiger partial charge in [-0.25, -0.2) is 0 Å². The molecular formula is C9H9N3OS. The molecule has 0 aliphatic carbocycles. The monoisotopic (exact) mass is 207 g/mol. The predicted octanol–water partition coefficient (Wildman–Crippen LogP) is 1.32. The van der Waals surface area contributed by atoms with Crippen molar-refractivity contribution in [2.45, 2.75) is 13.0 Å². The number of aliphatic hydroxyl groups is 1. The molecule has 0 amide bonds. The minimum Gasteiger partial charge on any atom is -0.383 e. The van der Waals surface area contributed by atoms with Gasteiger partial charge in [0.05, 0.1) is 10.6 Å². The predicted molar refractivity (Wildman–Crippen MR) is 52.9 cm³/mol. The fourth-order valence-corrected chi connectivity index (χ4v) is 1.84. The highest BCUT2D eigenvalue weighted by Gasteiger charge is 2.15. The van der Waals surface area contributed by atoms with Gasteiger partial charge in [-0.15, -0.1) is 5.10 Å². The molecule has 0 aliphatic rings. The summed E-state index contributed by atoms with van der Waals surface area (Å²) >= 11 is 1.21. The summed E-state index contributed by atoms with van der Waals surface area (Å²) in [5, 5.41) is 13.8. The van der Waals surface area contributed by atoms with E-state index in [2.05, 4.69) is 14.6 Å². The fourth-order valence-electron chi connectivity index (χ4n) is 1.18. The van der Waals surface area contributed by atoms with E-state index >= 15 is 0 Å². The van der Waals surface area contributed by atoms with Crippen LogP contribution in [0.2, 0.25) is 0 Å². The van der Waals surface area contributed by atoms with E-state index in [-0.39, 0.29) is 0 Å². The zero-order valence-corrected chi connectivity index (χ0v) is 8.40. The Kier molecular flexibility index (Phi) is 2.51. The maximum absolute atomic E-state index is 9.95. The van der Waals surface area contributed by atoms with E-state index in [1.807, 2.05) is 13.0 Å². The molecule has 2 rings (SSSR count). The van der Waals surface area contributed by atoms with E-state index in [4.69, 9.17) is 0 Å². The summed E-state index contributed by atoms with van der Waals surface area (Å²) in [6.45, 7) is 1.83. The van der Waals surface area contributed by atoms with Crippen LogP contribution >= 0.6 is 11.5 Å². The molecule has 5 heteroatoms. The van der Waals surface area contributed by atoms with Crippen molar-refractivity contribution in [1.29, 1.82) is 0 Å². The second-order valence-corrected chi connectivity index (χ2v) is 3.70. The zero-order valence-electron chi connectivity index (χ0n) is 7.58. The number of rotatable bonds is 2. The molecule has 0 fully saturated rings. The average molecular weight is 207 g/mol. The molecule has 0 radical (unpaired) electrons. The third-order valence-corrected chi connectivity index (χ3v) is 2.81. The van der Waals surface area contributed by atoms with Crippen LogP contribution in [0.5, 0.6) is 0 Å². The van der Waals surface area contributed by atoms with Gasteiger partial charge in [-0.05, 0) is 24.5 Å². The molecule has 0 aliphatic heterocycles. The number of aryl methyl sites for hydroxylation is 1. The molecule has 2 heterocycles. The van der Waals surface area contributed by atoms with Gasteiger partial charge < -0.3 is 5.11 Å². The van der Waals surface area contributed by atoms with Crippen LogP contribution in [0.1, 0.15) is 22.2 Å². The molecule has 2 aromatic rings. The largest absolute Gasteiger partial charge is 0.383 e. The minimum atomic E-state index is -0.663. The van der Waals surface area contributed by atoms with E-state index in [0.29, 0.717) is 0 Å². The number of hydrogen-bond acceptors (Lipinski definition) is 5. The van der Waals surface area contributed by atoms with Gasteiger partial charge in [0.1, 0.15) is 6.10 Å². The van der Waals surface area contributed by atoms with Crippen molar-refractivity contribution in [3.8, 4) is 0 Å². The Morgan fingerprint density at radius 3 is 2.93 bits per heavy atom. The molecule has 0 saturated carbocycles. The lowest BCUT2D eigenvalue weighted by molar-refractivity contribution is 0.222. The van der Waals surface area contributed by atoms with Gasteiger partial charge in [0.2, 0.25) is 0 Å². The third kappa shape index (κ3) is 1.64. The van der Waals surface area contributed by atoms with Gasteiger partial charge in [-0.3, -0.25) is 4.98 Å². The molecule has 2 aromatic heterocycles. The molecule has 1 unspecified atom stereocenters. The molecule has 4 nitrogen and oxygen atoms in total. The van der Waals surface area contributed by atoms with Crippen LogP contribution in [0, 0.1) is 6.92 Å². The summed E-state index contributed by atoms with van der Waals surface area (Å²) in [4.78, 5) is 4.73. The molecule has 0 saturated heterocycles. The fraction of sp³-hybridized carbons (Fsp3) is 0.222. The Balaban J connectivity index is 2.34. The summed E-state index contributed by atoms with van der Waals surface area (Å²) in [7, 11) is 0. The normalized spacial score (nSPS) is 12.7. The molecule has 1 atom stereocenters. The second kappa shape index (κ2) is 3.81. The Morgan fingerprint density at radius 2 is 2.36 bits per heavy atom. The van der Waals surface area contributed by atoms with Gasteiger partial charge in [-0.1, -0.05) is 10.6 Å². The Labute approximate surface area is 85.4 Å². The smallest absolute Gasteiger partial charge is 0.118 e. The van der Waals surface area contributed by atoms with Crippen molar-refractivity contribution in [1.82, 2.24) is 14.6 Å². The first kappa shape index (κ1) is 9.23. The van der Waals surface area contributed by atoms with Gasteiger partial charge >= 0.3 is 0 Å². The Bertz CT molecular complexity index is 415. The molecule has 0 bridgehead atoms. The second-order valence-electron chi connectivity index (χ2n) is 2.91. The van der Waals surface area contributed by atoms with Gasteiger partial charge in [-0.2, -0.15) is 0 Å². The molecular weight excluding hydrogens is 198 g/mol. The maximum Gasteiger partial charge on any atom is 0.118 e. The SMILES string of the molecule is Cc1nnsc1C(O)c1cccnc1. The van der Waals surface area contributed by atoms with Gasteiger partial charge in [0.25, 0.3) is 0 Å². The lowest BCUT2D eigenvalue weighted by atomic mass is 10.1. The quantitative estimate of drug-likeness (QED) is 0.807. The van der Waals surface area contributed by atoms with Crippen molar-refractivity contribution < 1.29 is 5.11 Å². The summed E-state index contributed by atoms with van der Waals surface area (Å²) in [6, 6.07) is 3.62. The number of aliphatic hydroxyl groups excluding tert-OH is 1. The van der Waals surface area contributed by atoms with Crippen LogP contribution in [-0.2, 0) is 0 Å². The van der Waals surface area contributed by atoms with Crippen LogP contribution < -0.4 is 0 Å². The van der Waals surface area contributed by atoms with E-state index in [0.717, 1.165) is 16.1 Å². The van der Waals surface area contributed by atoms with Crippen molar-refractivity contribution in [3.05, 3.63) is 40.7 Å². The third-order valence-electron chi connectivity index (χ3n) is 1.94. The molecule has 72 valence electrons. The topological polar surface area (TPSA) is 58.9 Å². The van der Waals surface area contributed by atoms with E-state index < -0.39 is 6.10 Å². The number of aromatic nitrogens is 3. The molecule has 0 spiro atoms. The van der Waals surface area contributed by atoms with E-state index in [9.17, 15) is 5.11 Å². The van der Waals surface area contributed by atoms with Crippen LogP contribution in [0.15, 0.2) is 24.5 Å². The summed E-state index contributed by atoms with van der Waals surface area (Å²) in [5.74, 6) is 0. The lowest BCUT2D eigenvalue weighted by Gasteiger charge is -2.07. The zero-order chi connectivity index (χ0) is 9.97. The van der Waals surface area contributed by atoms with Crippen LogP contribution in [0.4, 0.5) is 0 Å². The average Bonchev–Trinajstić information content (AvgIpc) is 2.65.